The van der Waals surface area contributed by atoms with E-state index in [1.807, 2.05) is 67.6 Å². The van der Waals surface area contributed by atoms with Crippen LogP contribution < -0.4 is 9.47 Å². The summed E-state index contributed by atoms with van der Waals surface area (Å²) in [5, 5.41) is 18.8. The number of benzene rings is 6. The molecule has 2 fully saturated rings. The van der Waals surface area contributed by atoms with Gasteiger partial charge in [-0.25, -0.2) is 0 Å². The topological polar surface area (TPSA) is 82.5 Å². The molecule has 59 heavy (non-hydrogen) atoms. The number of methoxy groups -OCH3 is 2. The first-order chi connectivity index (χ1) is 28.7. The van der Waals surface area contributed by atoms with E-state index in [9.17, 15) is 15.0 Å². The van der Waals surface area contributed by atoms with Crippen LogP contribution in [0.1, 0.15) is 74.2 Å². The van der Waals surface area contributed by atoms with E-state index in [1.165, 1.54) is 59.3 Å². The number of carbonyl (C=O) groups excluding carboxylic acids is 1. The Morgan fingerprint density at radius 1 is 0.508 bits per heavy atom. The molecule has 6 aromatic carbocycles. The van der Waals surface area contributed by atoms with Crippen molar-refractivity contribution in [2.75, 3.05) is 40.4 Å². The molecule has 2 saturated heterocycles. The first-order valence-corrected chi connectivity index (χ1v) is 20.6. The van der Waals surface area contributed by atoms with Gasteiger partial charge in [-0.2, -0.15) is 0 Å². The highest BCUT2D eigenvalue weighted by Crippen LogP contribution is 2.32. The van der Waals surface area contributed by atoms with Gasteiger partial charge in [0.05, 0.1) is 14.2 Å². The third-order valence-electron chi connectivity index (χ3n) is 11.3. The van der Waals surface area contributed by atoms with Gasteiger partial charge in [-0.3, -0.25) is 14.6 Å². The van der Waals surface area contributed by atoms with Gasteiger partial charge >= 0.3 is 0 Å². The number of Topliss-reactive ketones (excluding diaryl/α,β-unsaturated/α-hetero) is 1. The molecule has 8 rings (SSSR count). The van der Waals surface area contributed by atoms with Crippen molar-refractivity contribution in [3.8, 4) is 23.0 Å². The summed E-state index contributed by atoms with van der Waals surface area (Å²) < 4.78 is 10.3. The minimum absolute atomic E-state index is 0.126. The Balaban J connectivity index is 0.000000149. The normalized spacial score (nSPS) is 14.5. The van der Waals surface area contributed by atoms with Crippen molar-refractivity contribution in [2.45, 2.75) is 58.0 Å². The second kappa shape index (κ2) is 21.2. The van der Waals surface area contributed by atoms with Gasteiger partial charge in [-0.15, -0.1) is 0 Å². The zero-order valence-corrected chi connectivity index (χ0v) is 34.9. The van der Waals surface area contributed by atoms with Crippen LogP contribution in [-0.4, -0.2) is 66.2 Å². The molecule has 7 heteroatoms. The molecule has 0 bridgehead atoms. The van der Waals surface area contributed by atoms with E-state index in [4.69, 9.17) is 9.47 Å². The maximum atomic E-state index is 12.1. The van der Waals surface area contributed by atoms with Crippen molar-refractivity contribution in [1.82, 2.24) is 9.80 Å². The van der Waals surface area contributed by atoms with Gasteiger partial charge in [-0.05, 0) is 154 Å². The van der Waals surface area contributed by atoms with Crippen molar-refractivity contribution in [3.05, 3.63) is 190 Å². The molecule has 0 amide bonds. The first-order valence-electron chi connectivity index (χ1n) is 20.6. The fourth-order valence-electron chi connectivity index (χ4n) is 7.32. The highest BCUT2D eigenvalue weighted by molar-refractivity contribution is 5.97. The summed E-state index contributed by atoms with van der Waals surface area (Å²) in [6.07, 6.45) is 5.01. The molecule has 0 saturated carbocycles. The fourth-order valence-corrected chi connectivity index (χ4v) is 7.32. The van der Waals surface area contributed by atoms with Crippen LogP contribution >= 0.6 is 0 Å². The average molecular weight is 791 g/mol. The summed E-state index contributed by atoms with van der Waals surface area (Å²) in [7, 11) is 3.33. The second-order valence-corrected chi connectivity index (χ2v) is 15.5. The highest BCUT2D eigenvalue weighted by atomic mass is 16.5. The van der Waals surface area contributed by atoms with Crippen LogP contribution in [0.2, 0.25) is 0 Å². The van der Waals surface area contributed by atoms with Crippen LogP contribution in [0.3, 0.4) is 0 Å². The number of ether oxygens (including phenoxy) is 2. The Morgan fingerprint density at radius 3 is 1.25 bits per heavy atom. The predicted octanol–water partition coefficient (Wildman–Crippen LogP) is 10.5. The number of rotatable bonds is 13. The Bertz CT molecular complexity index is 2160. The molecule has 0 spiro atoms. The standard InChI is InChI=1S/C19H23NO.C17H19NO2.C16H16O2/c1-15-4-6-16(7-5-15)14-19(20-12-3-13-20)17-8-10-18(21-2)11-9-17;19-15-6-2-13(3-7-15)12-17(18-10-1-11-18)14-4-8-16(20)9-5-14;1-12-3-5-13(6-4-12)11-16(17)14-7-9-15(18-2)10-8-14/h4-11,19H,3,12-14H2,1-2H3;2-9,17,19-20H,1,10-12H2;3-10H,11H2,1-2H3. The lowest BCUT2D eigenvalue weighted by Crippen LogP contribution is -2.41. The minimum Gasteiger partial charge on any atom is -0.508 e. The van der Waals surface area contributed by atoms with Crippen molar-refractivity contribution in [3.63, 3.8) is 0 Å². The number of aromatic hydroxyl groups is 2. The lowest BCUT2D eigenvalue weighted by molar-refractivity contribution is 0.0993. The van der Waals surface area contributed by atoms with Gasteiger partial charge in [0.15, 0.2) is 5.78 Å². The van der Waals surface area contributed by atoms with E-state index in [0.29, 0.717) is 30.0 Å². The number of hydrogen-bond acceptors (Lipinski definition) is 7. The number of nitrogens with zero attached hydrogens (tertiary/aromatic N) is 2. The molecule has 2 N–H and O–H groups in total. The molecule has 2 aliphatic rings. The van der Waals surface area contributed by atoms with E-state index < -0.39 is 0 Å². The van der Waals surface area contributed by atoms with Crippen molar-refractivity contribution < 1.29 is 24.5 Å². The number of likely N-dealkylation sites (tertiary alicyclic amines) is 2. The highest BCUT2D eigenvalue weighted by Gasteiger charge is 2.26. The smallest absolute Gasteiger partial charge is 0.167 e. The van der Waals surface area contributed by atoms with Crippen molar-refractivity contribution >= 4 is 5.78 Å². The van der Waals surface area contributed by atoms with Crippen molar-refractivity contribution in [2.24, 2.45) is 0 Å². The number of phenolic OH excluding ortho intramolecular Hbond substituents is 2. The van der Waals surface area contributed by atoms with Gasteiger partial charge in [-0.1, -0.05) is 96.1 Å². The largest absolute Gasteiger partial charge is 0.508 e. The Hall–Kier alpha value is -5.89. The molecule has 2 aliphatic heterocycles. The average Bonchev–Trinajstić information content (AvgIpc) is 3.22. The van der Waals surface area contributed by atoms with E-state index in [2.05, 4.69) is 65.3 Å². The van der Waals surface area contributed by atoms with Crippen LogP contribution in [0.5, 0.6) is 23.0 Å². The lowest BCUT2D eigenvalue weighted by Gasteiger charge is -2.39. The molecule has 7 nitrogen and oxygen atoms in total. The molecule has 0 aliphatic carbocycles. The van der Waals surface area contributed by atoms with Gasteiger partial charge in [0.2, 0.25) is 0 Å². The van der Waals surface area contributed by atoms with E-state index in [-0.39, 0.29) is 5.78 Å². The number of carbonyl (C=O) groups is 1. The molecule has 0 aromatic heterocycles. The minimum atomic E-state index is 0.126. The van der Waals surface area contributed by atoms with Crippen LogP contribution in [0.15, 0.2) is 146 Å². The van der Waals surface area contributed by atoms with Crippen LogP contribution in [-0.2, 0) is 19.3 Å². The van der Waals surface area contributed by atoms with Gasteiger partial charge in [0.1, 0.15) is 23.0 Å². The summed E-state index contributed by atoms with van der Waals surface area (Å²) >= 11 is 0. The maximum absolute atomic E-state index is 12.1. The van der Waals surface area contributed by atoms with E-state index in [0.717, 1.165) is 48.6 Å². The zero-order chi connectivity index (χ0) is 41.6. The molecule has 2 atom stereocenters. The third-order valence-corrected chi connectivity index (χ3v) is 11.3. The SMILES string of the molecule is COc1ccc(C(=O)Cc2ccc(C)cc2)cc1.COc1ccc(C(Cc2ccc(C)cc2)N2CCC2)cc1.Oc1ccc(CC(c2ccc(O)cc2)N2CCC2)cc1. The molecular formula is C52H58N2O5. The van der Waals surface area contributed by atoms with Gasteiger partial charge in [0, 0.05) is 24.1 Å². The van der Waals surface area contributed by atoms with Crippen LogP contribution in [0.25, 0.3) is 0 Å². The monoisotopic (exact) mass is 790 g/mol. The van der Waals surface area contributed by atoms with Gasteiger partial charge in [0.25, 0.3) is 0 Å². The zero-order valence-electron chi connectivity index (χ0n) is 34.9. The van der Waals surface area contributed by atoms with Crippen molar-refractivity contribution in [1.29, 1.82) is 0 Å². The summed E-state index contributed by atoms with van der Waals surface area (Å²) in [6.45, 7) is 8.85. The second-order valence-electron chi connectivity index (χ2n) is 15.5. The van der Waals surface area contributed by atoms with E-state index in [1.54, 1.807) is 50.6 Å². The summed E-state index contributed by atoms with van der Waals surface area (Å²) in [5.74, 6) is 2.43. The fraction of sp³-hybridized carbons (Fsp3) is 0.288. The van der Waals surface area contributed by atoms with Gasteiger partial charge < -0.3 is 19.7 Å². The molecule has 0 radical (unpaired) electrons. The molecule has 2 heterocycles. The summed E-state index contributed by atoms with van der Waals surface area (Å²) in [4.78, 5) is 17.1. The first kappa shape index (κ1) is 42.7. The lowest BCUT2D eigenvalue weighted by atomic mass is 9.94. The Labute approximate surface area is 350 Å². The Morgan fingerprint density at radius 2 is 0.864 bits per heavy atom. The molecular weight excluding hydrogens is 733 g/mol. The quantitative estimate of drug-likeness (QED) is 0.113. The van der Waals surface area contributed by atoms with E-state index >= 15 is 0 Å². The number of hydrogen-bond donors (Lipinski definition) is 2. The maximum Gasteiger partial charge on any atom is 0.167 e. The number of phenols is 2. The molecule has 306 valence electrons. The number of ketones is 1. The molecule has 6 aromatic rings. The van der Waals surface area contributed by atoms with Crippen LogP contribution in [0.4, 0.5) is 0 Å². The molecule has 2 unspecified atom stereocenters. The third kappa shape index (κ3) is 12.5. The predicted molar refractivity (Wildman–Crippen MR) is 238 cm³/mol. The number of aryl methyl sites for hydroxylation is 2. The van der Waals surface area contributed by atoms with Crippen LogP contribution in [0, 0.1) is 13.8 Å². The summed E-state index contributed by atoms with van der Waals surface area (Å²) in [6, 6.07) is 48.5. The Kier molecular flexibility index (Phi) is 15.4. The summed E-state index contributed by atoms with van der Waals surface area (Å²) in [5.41, 5.74) is 9.53.